The molecule has 0 aliphatic carbocycles. The molecule has 1 aromatic carbocycles. The minimum absolute atomic E-state index is 0.387. The first kappa shape index (κ1) is 13.1. The normalized spacial score (nSPS) is 10.6. The first-order valence-corrected chi connectivity index (χ1v) is 6.22. The highest BCUT2D eigenvalue weighted by molar-refractivity contribution is 6.42. The number of carbonyl (C=O) groups is 1. The van der Waals surface area contributed by atoms with Gasteiger partial charge in [-0.05, 0) is 24.1 Å². The maximum Gasteiger partial charge on any atom is 0.172 e. The Morgan fingerprint density at radius 2 is 2.11 bits per heavy atom. The molecule has 0 saturated heterocycles. The summed E-state index contributed by atoms with van der Waals surface area (Å²) in [5, 5.41) is 8.81. The smallest absolute Gasteiger partial charge is 0.172 e. The van der Waals surface area contributed by atoms with Crippen LogP contribution in [0.15, 0.2) is 18.2 Å². The Bertz CT molecular complexity index is 581. The summed E-state index contributed by atoms with van der Waals surface area (Å²) < 4.78 is 1.70. The van der Waals surface area contributed by atoms with Gasteiger partial charge in [-0.25, -0.2) is 4.68 Å². The van der Waals surface area contributed by atoms with E-state index in [1.54, 1.807) is 16.8 Å². The molecule has 0 amide bonds. The molecule has 94 valence electrons. The van der Waals surface area contributed by atoms with E-state index in [9.17, 15) is 4.79 Å². The van der Waals surface area contributed by atoms with Crippen LogP contribution < -0.4 is 0 Å². The molecule has 4 nitrogen and oxygen atoms in total. The first-order chi connectivity index (χ1) is 8.65. The van der Waals surface area contributed by atoms with E-state index in [1.807, 2.05) is 13.0 Å². The topological polar surface area (TPSA) is 47.8 Å². The van der Waals surface area contributed by atoms with E-state index in [1.165, 1.54) is 0 Å². The Hall–Kier alpha value is -1.39. The quantitative estimate of drug-likeness (QED) is 0.811. The summed E-state index contributed by atoms with van der Waals surface area (Å²) in [7, 11) is 0. The molecule has 1 heterocycles. The van der Waals surface area contributed by atoms with Crippen molar-refractivity contribution in [2.45, 2.75) is 19.9 Å². The second kappa shape index (κ2) is 5.50. The first-order valence-electron chi connectivity index (χ1n) is 5.47. The van der Waals surface area contributed by atoms with Crippen molar-refractivity contribution in [3.8, 4) is 0 Å². The Morgan fingerprint density at radius 3 is 2.72 bits per heavy atom. The number of carbonyl (C=O) groups excluding carboxylic acids is 1. The fraction of sp³-hybridized carbons (Fsp3) is 0.250. The van der Waals surface area contributed by atoms with Crippen LogP contribution in [0.5, 0.6) is 0 Å². The predicted molar refractivity (Wildman–Crippen MR) is 70.4 cm³/mol. The van der Waals surface area contributed by atoms with Gasteiger partial charge in [0.1, 0.15) is 5.69 Å². The summed E-state index contributed by atoms with van der Waals surface area (Å²) in [6.07, 6.45) is 1.42. The molecule has 0 atom stereocenters. The van der Waals surface area contributed by atoms with Gasteiger partial charge in [0.2, 0.25) is 0 Å². The van der Waals surface area contributed by atoms with Crippen LogP contribution >= 0.6 is 23.2 Å². The van der Waals surface area contributed by atoms with Crippen LogP contribution in [-0.2, 0) is 13.0 Å². The monoisotopic (exact) mass is 283 g/mol. The number of rotatable bonds is 4. The van der Waals surface area contributed by atoms with E-state index >= 15 is 0 Å². The molecule has 2 rings (SSSR count). The average Bonchev–Trinajstić information content (AvgIpc) is 2.75. The van der Waals surface area contributed by atoms with Gasteiger partial charge in [-0.3, -0.25) is 4.79 Å². The summed E-state index contributed by atoms with van der Waals surface area (Å²) in [5.74, 6) is 0. The average molecular weight is 284 g/mol. The highest BCUT2D eigenvalue weighted by Gasteiger charge is 2.10. The minimum Gasteiger partial charge on any atom is -0.296 e. The zero-order valence-corrected chi connectivity index (χ0v) is 11.2. The van der Waals surface area contributed by atoms with E-state index in [0.29, 0.717) is 28.7 Å². The van der Waals surface area contributed by atoms with Gasteiger partial charge in [0.15, 0.2) is 6.29 Å². The molecule has 0 N–H and O–H groups in total. The van der Waals surface area contributed by atoms with E-state index in [-0.39, 0.29) is 0 Å². The third kappa shape index (κ3) is 2.54. The Labute approximate surface area is 115 Å². The molecule has 0 radical (unpaired) electrons. The van der Waals surface area contributed by atoms with Crippen molar-refractivity contribution in [2.24, 2.45) is 0 Å². The molecule has 0 aliphatic heterocycles. The molecular weight excluding hydrogens is 273 g/mol. The lowest BCUT2D eigenvalue weighted by atomic mass is 10.2. The van der Waals surface area contributed by atoms with Crippen molar-refractivity contribution in [2.75, 3.05) is 0 Å². The highest BCUT2D eigenvalue weighted by atomic mass is 35.5. The zero-order valence-electron chi connectivity index (χ0n) is 9.73. The molecule has 1 aromatic heterocycles. The van der Waals surface area contributed by atoms with E-state index < -0.39 is 0 Å². The van der Waals surface area contributed by atoms with Gasteiger partial charge >= 0.3 is 0 Å². The van der Waals surface area contributed by atoms with Crippen molar-refractivity contribution in [3.05, 3.63) is 45.2 Å². The van der Waals surface area contributed by atoms with Crippen molar-refractivity contribution in [1.29, 1.82) is 0 Å². The van der Waals surface area contributed by atoms with Gasteiger partial charge in [0.05, 0.1) is 22.3 Å². The standard InChI is InChI=1S/C12H11Cl2N3O/c1-2-12-11(7-18)15-16-17(12)6-8-3-4-9(13)10(14)5-8/h3-5,7H,2,6H2,1H3. The molecule has 0 unspecified atom stereocenters. The van der Waals surface area contributed by atoms with E-state index in [0.717, 1.165) is 17.5 Å². The van der Waals surface area contributed by atoms with Gasteiger partial charge in [-0.15, -0.1) is 5.10 Å². The maximum absolute atomic E-state index is 10.8. The van der Waals surface area contributed by atoms with Gasteiger partial charge in [-0.2, -0.15) is 0 Å². The third-order valence-electron chi connectivity index (χ3n) is 2.63. The lowest BCUT2D eigenvalue weighted by Crippen LogP contribution is -2.06. The lowest BCUT2D eigenvalue weighted by Gasteiger charge is -2.06. The van der Waals surface area contributed by atoms with Gasteiger partial charge < -0.3 is 0 Å². The SMILES string of the molecule is CCc1c(C=O)nnn1Cc1ccc(Cl)c(Cl)c1. The fourth-order valence-electron chi connectivity index (χ4n) is 1.74. The zero-order chi connectivity index (χ0) is 13.1. The van der Waals surface area contributed by atoms with Crippen LogP contribution in [0.25, 0.3) is 0 Å². The van der Waals surface area contributed by atoms with Crippen LogP contribution in [0.4, 0.5) is 0 Å². The molecule has 0 saturated carbocycles. The molecule has 2 aromatic rings. The van der Waals surface area contributed by atoms with Crippen LogP contribution in [0.3, 0.4) is 0 Å². The summed E-state index contributed by atoms with van der Waals surface area (Å²) in [6.45, 7) is 2.47. The molecular formula is C12H11Cl2N3O. The van der Waals surface area contributed by atoms with Crippen LogP contribution in [0.2, 0.25) is 10.0 Å². The van der Waals surface area contributed by atoms with Gasteiger partial charge in [-0.1, -0.05) is 41.4 Å². The number of nitrogens with zero attached hydrogens (tertiary/aromatic N) is 3. The fourth-order valence-corrected chi connectivity index (χ4v) is 2.06. The van der Waals surface area contributed by atoms with Crippen molar-refractivity contribution in [3.63, 3.8) is 0 Å². The van der Waals surface area contributed by atoms with Crippen LogP contribution in [-0.4, -0.2) is 21.3 Å². The predicted octanol–water partition coefficient (Wildman–Crippen LogP) is 3.01. The summed E-state index contributed by atoms with van der Waals surface area (Å²) in [4.78, 5) is 10.8. The molecule has 0 fully saturated rings. The van der Waals surface area contributed by atoms with E-state index in [4.69, 9.17) is 23.2 Å². The summed E-state index contributed by atoms with van der Waals surface area (Å²) >= 11 is 11.8. The Kier molecular flexibility index (Phi) is 3.99. The highest BCUT2D eigenvalue weighted by Crippen LogP contribution is 2.23. The number of benzene rings is 1. The number of halogens is 2. The summed E-state index contributed by atoms with van der Waals surface area (Å²) in [5.41, 5.74) is 2.16. The number of hydrogen-bond acceptors (Lipinski definition) is 3. The molecule has 18 heavy (non-hydrogen) atoms. The van der Waals surface area contributed by atoms with Crippen molar-refractivity contribution in [1.82, 2.24) is 15.0 Å². The largest absolute Gasteiger partial charge is 0.296 e. The van der Waals surface area contributed by atoms with Crippen molar-refractivity contribution < 1.29 is 4.79 Å². The number of hydrogen-bond donors (Lipinski definition) is 0. The lowest BCUT2D eigenvalue weighted by molar-refractivity contribution is 0.111. The Balaban J connectivity index is 2.30. The van der Waals surface area contributed by atoms with E-state index in [2.05, 4.69) is 10.3 Å². The second-order valence-corrected chi connectivity index (χ2v) is 4.61. The third-order valence-corrected chi connectivity index (χ3v) is 3.37. The van der Waals surface area contributed by atoms with Crippen molar-refractivity contribution >= 4 is 29.5 Å². The number of aromatic nitrogens is 3. The van der Waals surface area contributed by atoms with Gasteiger partial charge in [0, 0.05) is 0 Å². The molecule has 0 bridgehead atoms. The Morgan fingerprint density at radius 1 is 1.33 bits per heavy atom. The maximum atomic E-state index is 10.8. The second-order valence-electron chi connectivity index (χ2n) is 3.80. The van der Waals surface area contributed by atoms with Gasteiger partial charge in [0.25, 0.3) is 0 Å². The molecule has 0 spiro atoms. The minimum atomic E-state index is 0.387. The van der Waals surface area contributed by atoms with Crippen LogP contribution in [0.1, 0.15) is 28.7 Å². The molecule has 6 heteroatoms. The van der Waals surface area contributed by atoms with Crippen LogP contribution in [0, 0.1) is 0 Å². The summed E-state index contributed by atoms with van der Waals surface area (Å²) in [6, 6.07) is 5.39. The number of aldehydes is 1. The molecule has 0 aliphatic rings.